The summed E-state index contributed by atoms with van der Waals surface area (Å²) in [6.07, 6.45) is 1.54. The number of hydrogen-bond donors (Lipinski definition) is 2. The smallest absolute Gasteiger partial charge is 0.131 e. The van der Waals surface area contributed by atoms with E-state index in [1.165, 1.54) is 0 Å². The molecule has 0 spiro atoms. The Hall–Kier alpha value is -1.27. The second-order valence-corrected chi connectivity index (χ2v) is 4.71. The molecule has 0 aliphatic rings. The Bertz CT molecular complexity index is 576. The molecule has 90 valence electrons. The lowest BCUT2D eigenvalue weighted by Crippen LogP contribution is -2.03. The highest BCUT2D eigenvalue weighted by Crippen LogP contribution is 2.37. The fraction of sp³-hybridized carbons (Fsp3) is 0.286. The average molecular weight is 248 g/mol. The highest BCUT2D eigenvalue weighted by atomic mass is 31.0. The van der Waals surface area contributed by atoms with E-state index in [-0.39, 0.29) is 5.75 Å². The Morgan fingerprint density at radius 2 is 1.76 bits per heavy atom. The van der Waals surface area contributed by atoms with Crippen molar-refractivity contribution in [2.45, 2.75) is 26.7 Å². The Morgan fingerprint density at radius 1 is 1.06 bits per heavy atom. The van der Waals surface area contributed by atoms with Crippen LogP contribution in [0.3, 0.4) is 0 Å². The van der Waals surface area contributed by atoms with Gasteiger partial charge in [0.1, 0.15) is 11.5 Å². The van der Waals surface area contributed by atoms with Gasteiger partial charge in [0.15, 0.2) is 0 Å². The van der Waals surface area contributed by atoms with Gasteiger partial charge in [0.05, 0.1) is 0 Å². The number of phenols is 2. The van der Waals surface area contributed by atoms with E-state index in [2.05, 4.69) is 9.24 Å². The van der Waals surface area contributed by atoms with Gasteiger partial charge in [-0.3, -0.25) is 0 Å². The maximum absolute atomic E-state index is 10.3. The zero-order chi connectivity index (χ0) is 12.6. The van der Waals surface area contributed by atoms with Crippen LogP contribution < -0.4 is 5.30 Å². The van der Waals surface area contributed by atoms with Gasteiger partial charge >= 0.3 is 0 Å². The van der Waals surface area contributed by atoms with Crippen LogP contribution in [0.5, 0.6) is 11.5 Å². The molecule has 2 rings (SSSR count). The standard InChI is InChI=1S/C14H17O2P/c1-3-8-6-5-7-10-11(8)12(15)9(4-2)14(17)13(10)16/h5-7,15-16H,3-4,17H2,1-2H3. The van der Waals surface area contributed by atoms with Crippen molar-refractivity contribution in [3.05, 3.63) is 29.3 Å². The maximum Gasteiger partial charge on any atom is 0.131 e. The highest BCUT2D eigenvalue weighted by Gasteiger charge is 2.16. The van der Waals surface area contributed by atoms with Crippen molar-refractivity contribution >= 4 is 25.3 Å². The van der Waals surface area contributed by atoms with Crippen LogP contribution in [0.2, 0.25) is 0 Å². The van der Waals surface area contributed by atoms with Crippen LogP contribution in [-0.4, -0.2) is 10.2 Å². The number of aromatic hydroxyl groups is 2. The van der Waals surface area contributed by atoms with E-state index in [9.17, 15) is 10.2 Å². The Balaban J connectivity index is 2.99. The van der Waals surface area contributed by atoms with Gasteiger partial charge in [-0.05, 0) is 18.4 Å². The normalized spacial score (nSPS) is 11.0. The molecule has 2 N–H and O–H groups in total. The number of phenolic OH excluding ortho intramolecular Hbond substituents is 2. The van der Waals surface area contributed by atoms with E-state index in [4.69, 9.17) is 0 Å². The van der Waals surface area contributed by atoms with Crippen LogP contribution in [0.4, 0.5) is 0 Å². The summed E-state index contributed by atoms with van der Waals surface area (Å²) in [4.78, 5) is 0. The Kier molecular flexibility index (Phi) is 3.26. The molecule has 0 aliphatic heterocycles. The van der Waals surface area contributed by atoms with E-state index in [1.54, 1.807) is 0 Å². The van der Waals surface area contributed by atoms with Crippen LogP contribution in [-0.2, 0) is 12.8 Å². The number of benzene rings is 2. The van der Waals surface area contributed by atoms with Crippen LogP contribution in [0.1, 0.15) is 25.0 Å². The Labute approximate surface area is 103 Å². The molecule has 0 saturated heterocycles. The molecule has 2 nitrogen and oxygen atoms in total. The minimum atomic E-state index is 0.259. The molecule has 3 heteroatoms. The third-order valence-corrected chi connectivity index (χ3v) is 3.87. The van der Waals surface area contributed by atoms with Crippen LogP contribution in [0.25, 0.3) is 10.8 Å². The summed E-state index contributed by atoms with van der Waals surface area (Å²) >= 11 is 0. The molecule has 0 heterocycles. The minimum Gasteiger partial charge on any atom is -0.507 e. The van der Waals surface area contributed by atoms with Gasteiger partial charge in [-0.25, -0.2) is 0 Å². The molecule has 0 bridgehead atoms. The minimum absolute atomic E-state index is 0.259. The van der Waals surface area contributed by atoms with Crippen molar-refractivity contribution in [1.82, 2.24) is 0 Å². The summed E-state index contributed by atoms with van der Waals surface area (Å²) in [6.45, 7) is 4.02. The van der Waals surface area contributed by atoms with Crippen molar-refractivity contribution in [1.29, 1.82) is 0 Å². The number of rotatable bonds is 2. The van der Waals surface area contributed by atoms with Crippen LogP contribution >= 0.6 is 9.24 Å². The van der Waals surface area contributed by atoms with Crippen molar-refractivity contribution in [3.63, 3.8) is 0 Å². The van der Waals surface area contributed by atoms with Crippen LogP contribution in [0, 0.1) is 0 Å². The molecule has 1 unspecified atom stereocenters. The lowest BCUT2D eigenvalue weighted by Gasteiger charge is -2.15. The van der Waals surface area contributed by atoms with Crippen LogP contribution in [0.15, 0.2) is 18.2 Å². The summed E-state index contributed by atoms with van der Waals surface area (Å²) in [6, 6.07) is 5.75. The van der Waals surface area contributed by atoms with Crippen molar-refractivity contribution in [3.8, 4) is 11.5 Å². The van der Waals surface area contributed by atoms with Gasteiger partial charge in [-0.2, -0.15) is 0 Å². The highest BCUT2D eigenvalue weighted by molar-refractivity contribution is 7.28. The maximum atomic E-state index is 10.3. The molecule has 0 aliphatic carbocycles. The van der Waals surface area contributed by atoms with Crippen molar-refractivity contribution < 1.29 is 10.2 Å². The average Bonchev–Trinajstić information content (AvgIpc) is 2.36. The van der Waals surface area contributed by atoms with Crippen molar-refractivity contribution in [2.75, 3.05) is 0 Å². The molecule has 1 atom stereocenters. The largest absolute Gasteiger partial charge is 0.507 e. The molecule has 0 saturated carbocycles. The van der Waals surface area contributed by atoms with Gasteiger partial charge in [-0.15, -0.1) is 9.24 Å². The second kappa shape index (κ2) is 4.54. The zero-order valence-electron chi connectivity index (χ0n) is 10.1. The van der Waals surface area contributed by atoms with E-state index >= 15 is 0 Å². The fourth-order valence-corrected chi connectivity index (χ4v) is 2.79. The summed E-state index contributed by atoms with van der Waals surface area (Å²) < 4.78 is 0. The number of fused-ring (bicyclic) bond motifs is 1. The third kappa shape index (κ3) is 1.77. The molecule has 0 amide bonds. The van der Waals surface area contributed by atoms with Crippen molar-refractivity contribution in [2.24, 2.45) is 0 Å². The molecule has 17 heavy (non-hydrogen) atoms. The Morgan fingerprint density at radius 3 is 2.35 bits per heavy atom. The summed E-state index contributed by atoms with van der Waals surface area (Å²) in [7, 11) is 2.52. The van der Waals surface area contributed by atoms with Gasteiger partial charge in [0.2, 0.25) is 0 Å². The summed E-state index contributed by atoms with van der Waals surface area (Å²) in [5.41, 5.74) is 1.87. The fourth-order valence-electron chi connectivity index (χ4n) is 2.30. The summed E-state index contributed by atoms with van der Waals surface area (Å²) in [5.74, 6) is 0.567. The lowest BCUT2D eigenvalue weighted by atomic mass is 9.97. The van der Waals surface area contributed by atoms with Gasteiger partial charge in [0.25, 0.3) is 0 Å². The van der Waals surface area contributed by atoms with E-state index in [0.717, 1.165) is 28.3 Å². The SMILES string of the molecule is CCc1c(P)c(O)c2cccc(CC)c2c1O. The van der Waals surface area contributed by atoms with E-state index < -0.39 is 0 Å². The van der Waals surface area contributed by atoms with Gasteiger partial charge in [-0.1, -0.05) is 32.0 Å². The predicted molar refractivity (Wildman–Crippen MR) is 75.4 cm³/mol. The molecule has 0 fully saturated rings. The first-order chi connectivity index (χ1) is 8.11. The first-order valence-corrected chi connectivity index (χ1v) is 6.43. The van der Waals surface area contributed by atoms with Gasteiger partial charge < -0.3 is 10.2 Å². The topological polar surface area (TPSA) is 40.5 Å². The predicted octanol–water partition coefficient (Wildman–Crippen LogP) is 2.88. The van der Waals surface area contributed by atoms with E-state index in [0.29, 0.717) is 17.5 Å². The van der Waals surface area contributed by atoms with Gasteiger partial charge in [0, 0.05) is 21.6 Å². The number of hydrogen-bond acceptors (Lipinski definition) is 2. The van der Waals surface area contributed by atoms with E-state index in [1.807, 2.05) is 32.0 Å². The number of aryl methyl sites for hydroxylation is 1. The molecule has 0 radical (unpaired) electrons. The zero-order valence-corrected chi connectivity index (χ0v) is 11.3. The second-order valence-electron chi connectivity index (χ2n) is 4.14. The monoisotopic (exact) mass is 248 g/mol. The first kappa shape index (κ1) is 12.2. The molecule has 2 aromatic carbocycles. The summed E-state index contributed by atoms with van der Waals surface area (Å²) in [5, 5.41) is 22.7. The quantitative estimate of drug-likeness (QED) is 0.633. The first-order valence-electron chi connectivity index (χ1n) is 5.85. The molecule has 0 aromatic heterocycles. The molecule has 2 aromatic rings. The third-order valence-electron chi connectivity index (χ3n) is 3.24. The molecular formula is C14H17O2P. The lowest BCUT2D eigenvalue weighted by molar-refractivity contribution is 0.467. The molecular weight excluding hydrogens is 231 g/mol.